The van der Waals surface area contributed by atoms with Crippen LogP contribution in [-0.4, -0.2) is 19.1 Å². The monoisotopic (exact) mass is 400 g/mol. The van der Waals surface area contributed by atoms with Crippen LogP contribution in [0.5, 0.6) is 5.75 Å². The number of methoxy groups -OCH3 is 1. The van der Waals surface area contributed by atoms with Gasteiger partial charge < -0.3 is 15.0 Å². The molecule has 2 atom stereocenters. The fourth-order valence-corrected chi connectivity index (χ4v) is 4.15. The van der Waals surface area contributed by atoms with Crippen molar-refractivity contribution in [3.8, 4) is 5.75 Å². The quantitative estimate of drug-likeness (QED) is 0.592. The summed E-state index contributed by atoms with van der Waals surface area (Å²) in [4.78, 5) is 15.4. The second-order valence-electron chi connectivity index (χ2n) is 8.11. The fraction of sp³-hybridized carbons (Fsp3) is 0.269. The molecule has 30 heavy (non-hydrogen) atoms. The molecule has 0 spiro atoms. The number of ether oxygens (including phenoxy) is 1. The van der Waals surface area contributed by atoms with Gasteiger partial charge in [0.2, 0.25) is 0 Å². The van der Waals surface area contributed by atoms with Crippen molar-refractivity contribution in [2.75, 3.05) is 17.3 Å². The van der Waals surface area contributed by atoms with Crippen LogP contribution in [0.25, 0.3) is 0 Å². The Hall–Kier alpha value is -3.27. The first-order chi connectivity index (χ1) is 14.5. The van der Waals surface area contributed by atoms with Gasteiger partial charge in [0.1, 0.15) is 5.75 Å². The van der Waals surface area contributed by atoms with Gasteiger partial charge in [0.05, 0.1) is 13.2 Å². The van der Waals surface area contributed by atoms with E-state index in [-0.39, 0.29) is 18.0 Å². The van der Waals surface area contributed by atoms with Crippen LogP contribution in [-0.2, 0) is 0 Å². The first-order valence-electron chi connectivity index (χ1n) is 10.4. The Balaban J connectivity index is 1.68. The highest BCUT2D eigenvalue weighted by Gasteiger charge is 2.34. The number of anilines is 2. The van der Waals surface area contributed by atoms with Crippen molar-refractivity contribution in [3.63, 3.8) is 0 Å². The number of hydrogen-bond acceptors (Lipinski definition) is 3. The van der Waals surface area contributed by atoms with Gasteiger partial charge in [0.15, 0.2) is 0 Å². The summed E-state index contributed by atoms with van der Waals surface area (Å²) in [6, 6.07) is 22.4. The molecule has 4 heteroatoms. The number of rotatable bonds is 4. The molecule has 0 saturated carbocycles. The molecule has 0 aromatic heterocycles. The van der Waals surface area contributed by atoms with E-state index in [0.717, 1.165) is 29.1 Å². The topological polar surface area (TPSA) is 41.6 Å². The number of carbonyl (C=O) groups excluding carboxylic acids is 1. The molecule has 1 amide bonds. The Bertz CT molecular complexity index is 1040. The highest BCUT2D eigenvalue weighted by atomic mass is 16.5. The Kier molecular flexibility index (Phi) is 5.49. The van der Waals surface area contributed by atoms with E-state index in [0.29, 0.717) is 5.56 Å². The zero-order valence-corrected chi connectivity index (χ0v) is 18.0. The lowest BCUT2D eigenvalue weighted by atomic mass is 9.89. The van der Waals surface area contributed by atoms with Gasteiger partial charge >= 0.3 is 0 Å². The molecule has 0 aliphatic carbocycles. The van der Waals surface area contributed by atoms with Crippen molar-refractivity contribution in [3.05, 3.63) is 89.0 Å². The second-order valence-corrected chi connectivity index (χ2v) is 8.11. The van der Waals surface area contributed by atoms with Crippen LogP contribution in [0.15, 0.2) is 66.7 Å². The van der Waals surface area contributed by atoms with Gasteiger partial charge in [0, 0.05) is 23.0 Å². The van der Waals surface area contributed by atoms with Crippen LogP contribution in [0.2, 0.25) is 0 Å². The minimum atomic E-state index is 0.0176. The summed E-state index contributed by atoms with van der Waals surface area (Å²) in [6.07, 6.45) is 0.840. The van der Waals surface area contributed by atoms with Crippen LogP contribution in [0.3, 0.4) is 0 Å². The van der Waals surface area contributed by atoms with Crippen molar-refractivity contribution >= 4 is 17.3 Å². The van der Waals surface area contributed by atoms with Crippen molar-refractivity contribution in [1.29, 1.82) is 0 Å². The van der Waals surface area contributed by atoms with E-state index in [2.05, 4.69) is 68.6 Å². The molecule has 4 rings (SSSR count). The Morgan fingerprint density at radius 1 is 0.967 bits per heavy atom. The minimum absolute atomic E-state index is 0.0176. The molecule has 0 saturated heterocycles. The SMILES string of the molecule is COc1ccc(C(=O)N2c3ccc(C)cc3[C@H](Nc3ccc(C)cc3)C[C@@H]2C)cc1. The zero-order chi connectivity index (χ0) is 21.3. The summed E-state index contributed by atoms with van der Waals surface area (Å²) in [5, 5.41) is 3.68. The molecule has 3 aromatic rings. The third kappa shape index (κ3) is 3.90. The lowest BCUT2D eigenvalue weighted by molar-refractivity contribution is 0.0974. The summed E-state index contributed by atoms with van der Waals surface area (Å²) in [5.41, 5.74) is 6.33. The molecule has 1 aliphatic heterocycles. The van der Waals surface area contributed by atoms with E-state index < -0.39 is 0 Å². The molecular formula is C26H28N2O2. The predicted molar refractivity (Wildman–Crippen MR) is 123 cm³/mol. The lowest BCUT2D eigenvalue weighted by Crippen LogP contribution is -2.44. The van der Waals surface area contributed by atoms with Crippen LogP contribution in [0, 0.1) is 13.8 Å². The number of benzene rings is 3. The van der Waals surface area contributed by atoms with Crippen LogP contribution >= 0.6 is 0 Å². The molecule has 4 nitrogen and oxygen atoms in total. The van der Waals surface area contributed by atoms with E-state index >= 15 is 0 Å². The summed E-state index contributed by atoms with van der Waals surface area (Å²) in [7, 11) is 1.63. The molecule has 1 heterocycles. The van der Waals surface area contributed by atoms with E-state index in [9.17, 15) is 4.79 Å². The van der Waals surface area contributed by atoms with Crippen molar-refractivity contribution < 1.29 is 9.53 Å². The first-order valence-corrected chi connectivity index (χ1v) is 10.4. The van der Waals surface area contributed by atoms with Crippen LogP contribution in [0.4, 0.5) is 11.4 Å². The number of carbonyl (C=O) groups is 1. The zero-order valence-electron chi connectivity index (χ0n) is 18.0. The van der Waals surface area contributed by atoms with Gasteiger partial charge in [-0.25, -0.2) is 0 Å². The summed E-state index contributed by atoms with van der Waals surface area (Å²) in [6.45, 7) is 6.30. The van der Waals surface area contributed by atoms with Crippen molar-refractivity contribution in [2.24, 2.45) is 0 Å². The van der Waals surface area contributed by atoms with Gasteiger partial charge in [-0.15, -0.1) is 0 Å². The van der Waals surface area contributed by atoms with Crippen LogP contribution < -0.4 is 15.0 Å². The van der Waals surface area contributed by atoms with Gasteiger partial charge in [-0.2, -0.15) is 0 Å². The highest BCUT2D eigenvalue weighted by Crippen LogP contribution is 2.40. The third-order valence-corrected chi connectivity index (χ3v) is 5.78. The standard InChI is InChI=1S/C26H28N2O2/c1-17-5-10-21(11-6-17)27-24-16-19(3)28(25-14-7-18(2)15-23(24)25)26(29)20-8-12-22(30-4)13-9-20/h5-15,19,24,27H,16H2,1-4H3/t19-,24+/m0/s1. The summed E-state index contributed by atoms with van der Waals surface area (Å²) in [5.74, 6) is 0.765. The fourth-order valence-electron chi connectivity index (χ4n) is 4.15. The Labute approximate surface area is 178 Å². The predicted octanol–water partition coefficient (Wildman–Crippen LogP) is 5.90. The average Bonchev–Trinajstić information content (AvgIpc) is 2.75. The van der Waals surface area contributed by atoms with Crippen LogP contribution in [0.1, 0.15) is 46.4 Å². The van der Waals surface area contributed by atoms with Gasteiger partial charge in [-0.3, -0.25) is 4.79 Å². The number of aryl methyl sites for hydroxylation is 2. The highest BCUT2D eigenvalue weighted by molar-refractivity contribution is 6.07. The maximum atomic E-state index is 13.4. The smallest absolute Gasteiger partial charge is 0.258 e. The number of fused-ring (bicyclic) bond motifs is 1. The van der Waals surface area contributed by atoms with E-state index in [1.807, 2.05) is 29.2 Å². The van der Waals surface area contributed by atoms with E-state index in [1.165, 1.54) is 11.1 Å². The number of nitrogens with one attached hydrogen (secondary N) is 1. The molecule has 154 valence electrons. The van der Waals surface area contributed by atoms with E-state index in [4.69, 9.17) is 4.74 Å². The van der Waals surface area contributed by atoms with Gasteiger partial charge in [-0.05, 0) is 75.2 Å². The molecule has 0 unspecified atom stereocenters. The maximum absolute atomic E-state index is 13.4. The second kappa shape index (κ2) is 8.23. The van der Waals surface area contributed by atoms with Gasteiger partial charge in [-0.1, -0.05) is 35.4 Å². The minimum Gasteiger partial charge on any atom is -0.497 e. The molecule has 0 radical (unpaired) electrons. The Morgan fingerprint density at radius 2 is 1.63 bits per heavy atom. The number of nitrogens with zero attached hydrogens (tertiary/aromatic N) is 1. The lowest BCUT2D eigenvalue weighted by Gasteiger charge is -2.40. The average molecular weight is 401 g/mol. The Morgan fingerprint density at radius 3 is 2.30 bits per heavy atom. The summed E-state index contributed by atoms with van der Waals surface area (Å²) < 4.78 is 5.23. The van der Waals surface area contributed by atoms with Gasteiger partial charge in [0.25, 0.3) is 5.91 Å². The number of hydrogen-bond donors (Lipinski definition) is 1. The first kappa shape index (κ1) is 20.0. The van der Waals surface area contributed by atoms with E-state index in [1.54, 1.807) is 7.11 Å². The maximum Gasteiger partial charge on any atom is 0.258 e. The normalized spacial score (nSPS) is 17.9. The summed E-state index contributed by atoms with van der Waals surface area (Å²) >= 11 is 0. The molecular weight excluding hydrogens is 372 g/mol. The molecule has 0 bridgehead atoms. The van der Waals surface area contributed by atoms with Crippen molar-refractivity contribution in [2.45, 2.75) is 39.3 Å². The largest absolute Gasteiger partial charge is 0.497 e. The molecule has 3 aromatic carbocycles. The van der Waals surface area contributed by atoms with Crippen molar-refractivity contribution in [1.82, 2.24) is 0 Å². The molecule has 1 aliphatic rings. The number of amides is 1. The molecule has 1 N–H and O–H groups in total. The third-order valence-electron chi connectivity index (χ3n) is 5.78. The molecule has 0 fully saturated rings.